The summed E-state index contributed by atoms with van der Waals surface area (Å²) < 4.78 is 1.83. The molecule has 0 bridgehead atoms. The minimum Gasteiger partial charge on any atom is -0.338 e. The van der Waals surface area contributed by atoms with Crippen LogP contribution in [0.15, 0.2) is 23.5 Å². The number of carbonyl (C=O) groups excluding carboxylic acids is 1. The Morgan fingerprint density at radius 2 is 2.12 bits per heavy atom. The summed E-state index contributed by atoms with van der Waals surface area (Å²) in [6.07, 6.45) is 5.83. The Kier molecular flexibility index (Phi) is 4.78. The quantitative estimate of drug-likeness (QED) is 0.919. The zero-order chi connectivity index (χ0) is 17.1. The lowest BCUT2D eigenvalue weighted by Crippen LogP contribution is -2.41. The molecule has 1 aliphatic rings. The molecule has 0 atom stereocenters. The van der Waals surface area contributed by atoms with Crippen molar-refractivity contribution < 1.29 is 4.79 Å². The highest BCUT2D eigenvalue weighted by molar-refractivity contribution is 5.94. The van der Waals surface area contributed by atoms with Crippen LogP contribution in [0.25, 0.3) is 0 Å². The number of amides is 1. The average Bonchev–Trinajstić information content (AvgIpc) is 3.09. The Hall–Kier alpha value is -2.44. The minimum absolute atomic E-state index is 0.166. The number of H-pyrrole nitrogens is 1. The van der Waals surface area contributed by atoms with Gasteiger partial charge in [0.05, 0.1) is 0 Å². The predicted molar refractivity (Wildman–Crippen MR) is 89.8 cm³/mol. The van der Waals surface area contributed by atoms with Crippen molar-refractivity contribution in [1.82, 2.24) is 24.6 Å². The van der Waals surface area contributed by atoms with Gasteiger partial charge in [-0.2, -0.15) is 5.10 Å². The van der Waals surface area contributed by atoms with Crippen molar-refractivity contribution in [1.29, 1.82) is 0 Å². The average molecular weight is 329 g/mol. The van der Waals surface area contributed by atoms with E-state index in [0.29, 0.717) is 19.0 Å². The molecule has 1 fully saturated rings. The van der Waals surface area contributed by atoms with Crippen molar-refractivity contribution in [2.75, 3.05) is 13.1 Å². The van der Waals surface area contributed by atoms with Crippen LogP contribution in [0.3, 0.4) is 0 Å². The van der Waals surface area contributed by atoms with Crippen LogP contribution in [0, 0.1) is 12.8 Å². The first-order valence-corrected chi connectivity index (χ1v) is 8.43. The Balaban J connectivity index is 1.65. The van der Waals surface area contributed by atoms with E-state index in [1.165, 1.54) is 6.33 Å². The lowest BCUT2D eigenvalue weighted by molar-refractivity contribution is 0.0679. The first-order chi connectivity index (χ1) is 11.6. The third-order valence-electron chi connectivity index (χ3n) is 4.74. The largest absolute Gasteiger partial charge is 0.338 e. The highest BCUT2D eigenvalue weighted by Gasteiger charge is 2.25. The normalized spacial score (nSPS) is 15.7. The van der Waals surface area contributed by atoms with Gasteiger partial charge in [-0.15, -0.1) is 0 Å². The van der Waals surface area contributed by atoms with Crippen LogP contribution in [0.2, 0.25) is 0 Å². The molecule has 7 heteroatoms. The van der Waals surface area contributed by atoms with E-state index in [1.54, 1.807) is 17.3 Å². The summed E-state index contributed by atoms with van der Waals surface area (Å²) in [5.74, 6) is 0.319. The molecule has 0 aliphatic carbocycles. The summed E-state index contributed by atoms with van der Waals surface area (Å²) >= 11 is 0. The molecule has 1 aliphatic heterocycles. The van der Waals surface area contributed by atoms with E-state index < -0.39 is 0 Å². The highest BCUT2D eigenvalue weighted by atomic mass is 16.2. The highest BCUT2D eigenvalue weighted by Crippen LogP contribution is 2.20. The second-order valence-electron chi connectivity index (χ2n) is 6.38. The van der Waals surface area contributed by atoms with Crippen molar-refractivity contribution in [2.24, 2.45) is 5.92 Å². The van der Waals surface area contributed by atoms with Crippen LogP contribution in [-0.4, -0.2) is 43.6 Å². The molecule has 1 amide bonds. The molecule has 2 aromatic heterocycles. The predicted octanol–water partition coefficient (Wildman–Crippen LogP) is 1.39. The number of nitrogens with zero attached hydrogens (tertiary/aromatic N) is 4. The fraction of sp³-hybridized carbons (Fsp3) is 0.529. The number of aromatic nitrogens is 4. The number of aromatic amines is 1. The van der Waals surface area contributed by atoms with Gasteiger partial charge in [0.15, 0.2) is 0 Å². The van der Waals surface area contributed by atoms with E-state index in [1.807, 2.05) is 18.5 Å². The smallest absolute Gasteiger partial charge is 0.261 e. The molecule has 0 saturated carbocycles. The van der Waals surface area contributed by atoms with Gasteiger partial charge in [-0.3, -0.25) is 14.3 Å². The topological polar surface area (TPSA) is 83.9 Å². The van der Waals surface area contributed by atoms with Gasteiger partial charge in [0.25, 0.3) is 11.5 Å². The number of aryl methyl sites for hydroxylation is 2. The summed E-state index contributed by atoms with van der Waals surface area (Å²) in [5, 5.41) is 4.13. The first kappa shape index (κ1) is 16.4. The van der Waals surface area contributed by atoms with Crippen LogP contribution < -0.4 is 5.56 Å². The van der Waals surface area contributed by atoms with Gasteiger partial charge >= 0.3 is 0 Å². The molecular weight excluding hydrogens is 306 g/mol. The second kappa shape index (κ2) is 6.98. The van der Waals surface area contributed by atoms with Crippen molar-refractivity contribution >= 4 is 5.91 Å². The number of carbonyl (C=O) groups is 1. The number of nitrogens with one attached hydrogen (secondary N) is 1. The summed E-state index contributed by atoms with van der Waals surface area (Å²) in [4.78, 5) is 33.4. The lowest BCUT2D eigenvalue weighted by atomic mass is 9.96. The maximum absolute atomic E-state index is 12.7. The van der Waals surface area contributed by atoms with Crippen molar-refractivity contribution in [2.45, 2.75) is 39.7 Å². The van der Waals surface area contributed by atoms with Crippen molar-refractivity contribution in [3.63, 3.8) is 0 Å². The summed E-state index contributed by atoms with van der Waals surface area (Å²) in [6, 6.07) is 1.72. The van der Waals surface area contributed by atoms with Crippen LogP contribution in [-0.2, 0) is 13.0 Å². The van der Waals surface area contributed by atoms with Crippen LogP contribution in [0.1, 0.15) is 41.4 Å². The van der Waals surface area contributed by atoms with Gasteiger partial charge in [0.1, 0.15) is 18.2 Å². The Labute approximate surface area is 140 Å². The molecule has 0 aromatic carbocycles. The van der Waals surface area contributed by atoms with Crippen molar-refractivity contribution in [3.05, 3.63) is 45.9 Å². The van der Waals surface area contributed by atoms with Gasteiger partial charge in [-0.05, 0) is 43.7 Å². The maximum atomic E-state index is 12.7. The van der Waals surface area contributed by atoms with Gasteiger partial charge in [0.2, 0.25) is 0 Å². The Bertz CT molecular complexity index is 758. The van der Waals surface area contributed by atoms with Crippen LogP contribution in [0.4, 0.5) is 0 Å². The molecule has 0 spiro atoms. The third kappa shape index (κ3) is 3.39. The number of likely N-dealkylation sites (tertiary alicyclic amines) is 1. The number of hydrogen-bond acceptors (Lipinski definition) is 4. The van der Waals surface area contributed by atoms with Gasteiger partial charge in [0, 0.05) is 25.3 Å². The molecule has 7 nitrogen and oxygen atoms in total. The number of pyridine rings is 1. The third-order valence-corrected chi connectivity index (χ3v) is 4.74. The van der Waals surface area contributed by atoms with Gasteiger partial charge in [-0.1, -0.05) is 6.92 Å². The number of hydrogen-bond donors (Lipinski definition) is 1. The fourth-order valence-electron chi connectivity index (χ4n) is 3.28. The molecule has 3 rings (SSSR count). The Morgan fingerprint density at radius 1 is 1.38 bits per heavy atom. The Morgan fingerprint density at radius 3 is 2.75 bits per heavy atom. The molecule has 0 unspecified atom stereocenters. The molecule has 1 saturated heterocycles. The summed E-state index contributed by atoms with van der Waals surface area (Å²) in [5.41, 5.74) is 1.82. The minimum atomic E-state index is -0.285. The fourth-order valence-corrected chi connectivity index (χ4v) is 3.28. The number of piperidine rings is 1. The maximum Gasteiger partial charge on any atom is 0.261 e. The molecule has 0 radical (unpaired) electrons. The van der Waals surface area contributed by atoms with E-state index in [2.05, 4.69) is 15.1 Å². The van der Waals surface area contributed by atoms with E-state index in [4.69, 9.17) is 0 Å². The zero-order valence-electron chi connectivity index (χ0n) is 14.2. The lowest BCUT2D eigenvalue weighted by Gasteiger charge is -2.31. The van der Waals surface area contributed by atoms with Crippen molar-refractivity contribution in [3.8, 4) is 0 Å². The zero-order valence-corrected chi connectivity index (χ0v) is 14.2. The standard InChI is InChI=1S/C17H23N5O2/c1-3-15-12(2)8-14(16(23)20-15)17(24)21-6-4-13(5-7-21)9-22-11-18-10-19-22/h8,10-11,13H,3-7,9H2,1-2H3,(H,20,23). The SMILES string of the molecule is CCc1[nH]c(=O)c(C(=O)N2CCC(Cn3cncn3)CC2)cc1C. The molecule has 2 aromatic rings. The molecule has 3 heterocycles. The molecular formula is C17H23N5O2. The van der Waals surface area contributed by atoms with E-state index in [9.17, 15) is 9.59 Å². The van der Waals surface area contributed by atoms with E-state index in [0.717, 1.165) is 37.1 Å². The summed E-state index contributed by atoms with van der Waals surface area (Å²) in [6.45, 7) is 6.08. The van der Waals surface area contributed by atoms with E-state index in [-0.39, 0.29) is 17.0 Å². The molecule has 128 valence electrons. The molecule has 24 heavy (non-hydrogen) atoms. The van der Waals surface area contributed by atoms with E-state index >= 15 is 0 Å². The molecule has 1 N–H and O–H groups in total. The first-order valence-electron chi connectivity index (χ1n) is 8.43. The van der Waals surface area contributed by atoms with Crippen LogP contribution >= 0.6 is 0 Å². The summed E-state index contributed by atoms with van der Waals surface area (Å²) in [7, 11) is 0. The van der Waals surface area contributed by atoms with Gasteiger partial charge in [-0.25, -0.2) is 4.98 Å². The van der Waals surface area contributed by atoms with Gasteiger partial charge < -0.3 is 9.88 Å². The monoisotopic (exact) mass is 329 g/mol. The second-order valence-corrected chi connectivity index (χ2v) is 6.38. The van der Waals surface area contributed by atoms with Crippen LogP contribution in [0.5, 0.6) is 0 Å². The number of rotatable bonds is 4.